The molecule has 0 aliphatic carbocycles. The Balaban J connectivity index is 1.82. The SMILES string of the molecule is OCCN(Cc1ccc(F)cc1F)c1cccc(/C=C/c2ccccn2)n1. The number of anilines is 1. The van der Waals surface area contributed by atoms with Gasteiger partial charge in [-0.25, -0.2) is 13.8 Å². The van der Waals surface area contributed by atoms with Crippen LogP contribution in [0.3, 0.4) is 0 Å². The molecule has 0 saturated heterocycles. The number of rotatable bonds is 7. The monoisotopic (exact) mass is 367 g/mol. The molecule has 0 saturated carbocycles. The van der Waals surface area contributed by atoms with Gasteiger partial charge in [-0.3, -0.25) is 4.98 Å². The molecule has 138 valence electrons. The van der Waals surface area contributed by atoms with Gasteiger partial charge in [0.15, 0.2) is 0 Å². The first-order valence-electron chi connectivity index (χ1n) is 8.51. The standard InChI is InChI=1S/C21H19F2N3O/c22-17-8-7-16(20(23)14-17)15-26(12-13-27)21-6-3-5-19(25-21)10-9-18-4-1-2-11-24-18/h1-11,14,27H,12-13,15H2/b10-9+. The van der Waals surface area contributed by atoms with Gasteiger partial charge in [-0.1, -0.05) is 18.2 Å². The van der Waals surface area contributed by atoms with Crippen molar-refractivity contribution >= 4 is 18.0 Å². The molecule has 0 atom stereocenters. The van der Waals surface area contributed by atoms with E-state index in [-0.39, 0.29) is 19.7 Å². The molecule has 27 heavy (non-hydrogen) atoms. The lowest BCUT2D eigenvalue weighted by molar-refractivity contribution is 0.301. The van der Waals surface area contributed by atoms with E-state index in [1.54, 1.807) is 17.2 Å². The van der Waals surface area contributed by atoms with Crippen LogP contribution in [0.2, 0.25) is 0 Å². The summed E-state index contributed by atoms with van der Waals surface area (Å²) in [6, 6.07) is 14.6. The molecular formula is C21H19F2N3O. The van der Waals surface area contributed by atoms with Gasteiger partial charge >= 0.3 is 0 Å². The maximum absolute atomic E-state index is 14.0. The highest BCUT2D eigenvalue weighted by Gasteiger charge is 2.12. The molecule has 2 aromatic heterocycles. The summed E-state index contributed by atoms with van der Waals surface area (Å²) in [5.74, 6) is -0.648. The van der Waals surface area contributed by atoms with Gasteiger partial charge in [0.05, 0.1) is 18.0 Å². The fraction of sp³-hybridized carbons (Fsp3) is 0.143. The molecular weight excluding hydrogens is 348 g/mol. The van der Waals surface area contributed by atoms with E-state index in [9.17, 15) is 13.9 Å². The molecule has 4 nitrogen and oxygen atoms in total. The van der Waals surface area contributed by atoms with Crippen LogP contribution in [0.1, 0.15) is 17.0 Å². The average molecular weight is 367 g/mol. The minimum absolute atomic E-state index is 0.113. The second kappa shape index (κ2) is 9.00. The normalized spacial score (nSPS) is 11.1. The fourth-order valence-electron chi connectivity index (χ4n) is 2.60. The van der Waals surface area contributed by atoms with Gasteiger partial charge in [0.25, 0.3) is 0 Å². The second-order valence-electron chi connectivity index (χ2n) is 5.89. The van der Waals surface area contributed by atoms with E-state index in [1.165, 1.54) is 12.1 Å². The lowest BCUT2D eigenvalue weighted by atomic mass is 10.2. The van der Waals surface area contributed by atoms with E-state index in [0.29, 0.717) is 17.1 Å². The molecule has 0 fully saturated rings. The smallest absolute Gasteiger partial charge is 0.131 e. The molecule has 0 unspecified atom stereocenters. The Labute approximate surface area is 156 Å². The van der Waals surface area contributed by atoms with Crippen LogP contribution in [0.4, 0.5) is 14.6 Å². The molecule has 1 N–H and O–H groups in total. The van der Waals surface area contributed by atoms with Crippen LogP contribution in [0.25, 0.3) is 12.2 Å². The second-order valence-corrected chi connectivity index (χ2v) is 5.89. The maximum atomic E-state index is 14.0. The Morgan fingerprint density at radius 3 is 2.52 bits per heavy atom. The topological polar surface area (TPSA) is 49.2 Å². The Morgan fingerprint density at radius 1 is 0.963 bits per heavy atom. The summed E-state index contributed by atoms with van der Waals surface area (Å²) in [6.07, 6.45) is 5.40. The largest absolute Gasteiger partial charge is 0.395 e. The van der Waals surface area contributed by atoms with Gasteiger partial charge in [0.1, 0.15) is 17.5 Å². The molecule has 0 bridgehead atoms. The van der Waals surface area contributed by atoms with Gasteiger partial charge in [-0.05, 0) is 42.5 Å². The number of aliphatic hydroxyl groups excluding tert-OH is 1. The van der Waals surface area contributed by atoms with Crippen LogP contribution in [-0.4, -0.2) is 28.2 Å². The summed E-state index contributed by atoms with van der Waals surface area (Å²) in [7, 11) is 0. The molecule has 0 spiro atoms. The van der Waals surface area contributed by atoms with Crippen molar-refractivity contribution in [1.82, 2.24) is 9.97 Å². The van der Waals surface area contributed by atoms with Crippen molar-refractivity contribution in [1.29, 1.82) is 0 Å². The molecule has 0 aliphatic rings. The average Bonchev–Trinajstić information content (AvgIpc) is 2.69. The van der Waals surface area contributed by atoms with Crippen LogP contribution in [0.5, 0.6) is 0 Å². The van der Waals surface area contributed by atoms with E-state index in [2.05, 4.69) is 9.97 Å². The van der Waals surface area contributed by atoms with Gasteiger partial charge < -0.3 is 10.0 Å². The summed E-state index contributed by atoms with van der Waals surface area (Å²) in [4.78, 5) is 10.5. The summed E-state index contributed by atoms with van der Waals surface area (Å²) >= 11 is 0. The Hall–Kier alpha value is -3.12. The maximum Gasteiger partial charge on any atom is 0.131 e. The number of aromatic nitrogens is 2. The Morgan fingerprint density at radius 2 is 1.78 bits per heavy atom. The first kappa shape index (κ1) is 18.7. The predicted octanol–water partition coefficient (Wildman–Crippen LogP) is 3.92. The first-order chi connectivity index (χ1) is 13.2. The minimum Gasteiger partial charge on any atom is -0.395 e. The van der Waals surface area contributed by atoms with Crippen molar-refractivity contribution in [2.75, 3.05) is 18.1 Å². The molecule has 6 heteroatoms. The number of hydrogen-bond acceptors (Lipinski definition) is 4. The van der Waals surface area contributed by atoms with Crippen LogP contribution in [0.15, 0.2) is 60.8 Å². The lowest BCUT2D eigenvalue weighted by Crippen LogP contribution is -2.27. The lowest BCUT2D eigenvalue weighted by Gasteiger charge is -2.23. The highest BCUT2D eigenvalue weighted by molar-refractivity contribution is 5.66. The predicted molar refractivity (Wildman–Crippen MR) is 102 cm³/mol. The summed E-state index contributed by atoms with van der Waals surface area (Å²) in [6.45, 7) is 0.336. The molecule has 2 heterocycles. The van der Waals surface area contributed by atoms with Gasteiger partial charge in [0, 0.05) is 30.9 Å². The van der Waals surface area contributed by atoms with Gasteiger partial charge in [0.2, 0.25) is 0 Å². The third kappa shape index (κ3) is 5.18. The number of pyridine rings is 2. The summed E-state index contributed by atoms with van der Waals surface area (Å²) < 4.78 is 27.1. The van der Waals surface area contributed by atoms with E-state index in [1.807, 2.05) is 42.5 Å². The summed E-state index contributed by atoms with van der Waals surface area (Å²) in [5, 5.41) is 9.37. The van der Waals surface area contributed by atoms with Crippen LogP contribution in [-0.2, 0) is 6.54 Å². The van der Waals surface area contributed by atoms with Crippen molar-refractivity contribution in [2.24, 2.45) is 0 Å². The Bertz CT molecular complexity index is 916. The Kier molecular flexibility index (Phi) is 6.22. The fourth-order valence-corrected chi connectivity index (χ4v) is 2.60. The van der Waals surface area contributed by atoms with Crippen molar-refractivity contribution in [3.8, 4) is 0 Å². The number of halogens is 2. The highest BCUT2D eigenvalue weighted by atomic mass is 19.1. The van der Waals surface area contributed by atoms with Crippen LogP contribution in [0, 0.1) is 11.6 Å². The number of aliphatic hydroxyl groups is 1. The van der Waals surface area contributed by atoms with E-state index in [0.717, 1.165) is 11.8 Å². The van der Waals surface area contributed by atoms with E-state index < -0.39 is 11.6 Å². The zero-order valence-corrected chi connectivity index (χ0v) is 14.6. The molecule has 3 rings (SSSR count). The quantitative estimate of drug-likeness (QED) is 0.688. The van der Waals surface area contributed by atoms with E-state index in [4.69, 9.17) is 0 Å². The number of nitrogens with zero attached hydrogens (tertiary/aromatic N) is 3. The van der Waals surface area contributed by atoms with Gasteiger partial charge in [-0.2, -0.15) is 0 Å². The van der Waals surface area contributed by atoms with Gasteiger partial charge in [-0.15, -0.1) is 0 Å². The number of benzene rings is 1. The van der Waals surface area contributed by atoms with Crippen molar-refractivity contribution in [3.63, 3.8) is 0 Å². The molecule has 3 aromatic rings. The van der Waals surface area contributed by atoms with Crippen molar-refractivity contribution in [2.45, 2.75) is 6.54 Å². The molecule has 1 aromatic carbocycles. The third-order valence-corrected chi connectivity index (χ3v) is 3.94. The number of hydrogen-bond donors (Lipinski definition) is 1. The van der Waals surface area contributed by atoms with Crippen LogP contribution < -0.4 is 4.90 Å². The first-order valence-corrected chi connectivity index (χ1v) is 8.51. The van der Waals surface area contributed by atoms with Crippen molar-refractivity contribution in [3.05, 3.63) is 89.4 Å². The third-order valence-electron chi connectivity index (χ3n) is 3.94. The molecule has 0 aliphatic heterocycles. The summed E-state index contributed by atoms with van der Waals surface area (Å²) in [5.41, 5.74) is 1.85. The van der Waals surface area contributed by atoms with E-state index >= 15 is 0 Å². The minimum atomic E-state index is -0.621. The zero-order chi connectivity index (χ0) is 19.1. The zero-order valence-electron chi connectivity index (χ0n) is 14.6. The molecule has 0 radical (unpaired) electrons. The van der Waals surface area contributed by atoms with Crippen molar-refractivity contribution < 1.29 is 13.9 Å². The highest BCUT2D eigenvalue weighted by Crippen LogP contribution is 2.18. The van der Waals surface area contributed by atoms with Crippen LogP contribution >= 0.6 is 0 Å². The molecule has 0 amide bonds.